The molecule has 1 aromatic rings. The van der Waals surface area contributed by atoms with Gasteiger partial charge in [-0.05, 0) is 26.0 Å². The van der Waals surface area contributed by atoms with Crippen LogP contribution >= 0.6 is 11.6 Å². The third-order valence-corrected chi connectivity index (χ3v) is 2.56. The van der Waals surface area contributed by atoms with Crippen molar-refractivity contribution in [3.63, 3.8) is 0 Å². The molecule has 0 bridgehead atoms. The first-order valence-corrected chi connectivity index (χ1v) is 5.52. The molecule has 1 amide bonds. The Morgan fingerprint density at radius 1 is 1.47 bits per heavy atom. The lowest BCUT2D eigenvalue weighted by molar-refractivity contribution is -0.114. The van der Waals surface area contributed by atoms with Crippen LogP contribution in [0.25, 0.3) is 0 Å². The van der Waals surface area contributed by atoms with Crippen LogP contribution in [0.15, 0.2) is 12.1 Å². The van der Waals surface area contributed by atoms with E-state index in [1.165, 1.54) is 14.0 Å². The van der Waals surface area contributed by atoms with E-state index in [4.69, 9.17) is 16.3 Å². The maximum Gasteiger partial charge on any atom is 0.221 e. The molecule has 0 saturated carbocycles. The van der Waals surface area contributed by atoms with Crippen molar-refractivity contribution in [3.05, 3.63) is 22.7 Å². The number of aliphatic hydroxyl groups is 1. The number of anilines is 1. The summed E-state index contributed by atoms with van der Waals surface area (Å²) in [5.41, 5.74) is -0.336. The number of methoxy groups -OCH3 is 1. The smallest absolute Gasteiger partial charge is 0.221 e. The molecule has 0 aliphatic carbocycles. The Hall–Kier alpha value is -1.26. The molecule has 2 N–H and O–H groups in total. The lowest BCUT2D eigenvalue weighted by Gasteiger charge is -2.24. The van der Waals surface area contributed by atoms with Crippen molar-refractivity contribution in [1.29, 1.82) is 0 Å². The van der Waals surface area contributed by atoms with E-state index in [2.05, 4.69) is 5.32 Å². The molecular weight excluding hydrogens is 242 g/mol. The first-order valence-electron chi connectivity index (χ1n) is 5.14. The van der Waals surface area contributed by atoms with Gasteiger partial charge in [-0.1, -0.05) is 11.6 Å². The second-order valence-corrected chi connectivity index (χ2v) is 4.65. The molecule has 0 aliphatic heterocycles. The molecule has 94 valence electrons. The number of hydrogen-bond donors (Lipinski definition) is 2. The van der Waals surface area contributed by atoms with Crippen molar-refractivity contribution in [3.8, 4) is 5.75 Å². The molecule has 5 heteroatoms. The van der Waals surface area contributed by atoms with Gasteiger partial charge in [0.15, 0.2) is 0 Å². The molecule has 0 heterocycles. The van der Waals surface area contributed by atoms with Crippen LogP contribution in [0, 0.1) is 0 Å². The molecule has 0 atom stereocenters. The van der Waals surface area contributed by atoms with Gasteiger partial charge in [0.25, 0.3) is 0 Å². The standard InChI is InChI=1S/C12H16ClNO3/c1-7(15)14-11-9(17-4)6-5-8(13)10(11)12(2,3)16/h5-6,16H,1-4H3,(H,14,15). The number of ether oxygens (including phenoxy) is 1. The van der Waals surface area contributed by atoms with Crippen LogP contribution in [0.4, 0.5) is 5.69 Å². The summed E-state index contributed by atoms with van der Waals surface area (Å²) in [7, 11) is 1.49. The molecule has 4 nitrogen and oxygen atoms in total. The van der Waals surface area contributed by atoms with Gasteiger partial charge in [-0.15, -0.1) is 0 Å². The Kier molecular flexibility index (Phi) is 4.01. The van der Waals surface area contributed by atoms with Gasteiger partial charge in [0, 0.05) is 17.5 Å². The van der Waals surface area contributed by atoms with Crippen LogP contribution in [-0.2, 0) is 10.4 Å². The summed E-state index contributed by atoms with van der Waals surface area (Å²) in [6.45, 7) is 4.58. The average Bonchev–Trinajstić information content (AvgIpc) is 2.15. The summed E-state index contributed by atoms with van der Waals surface area (Å²) in [6.07, 6.45) is 0. The van der Waals surface area contributed by atoms with Crippen molar-refractivity contribution in [1.82, 2.24) is 0 Å². The molecule has 0 spiro atoms. The molecular formula is C12H16ClNO3. The highest BCUT2D eigenvalue weighted by atomic mass is 35.5. The predicted molar refractivity (Wildman–Crippen MR) is 67.6 cm³/mol. The van der Waals surface area contributed by atoms with E-state index in [9.17, 15) is 9.90 Å². The summed E-state index contributed by atoms with van der Waals surface area (Å²) >= 11 is 6.06. The highest BCUT2D eigenvalue weighted by Gasteiger charge is 2.26. The van der Waals surface area contributed by atoms with Gasteiger partial charge < -0.3 is 15.2 Å². The number of benzene rings is 1. The zero-order chi connectivity index (χ0) is 13.2. The SMILES string of the molecule is COc1ccc(Cl)c(C(C)(C)O)c1NC(C)=O. The van der Waals surface area contributed by atoms with Crippen LogP contribution in [0.5, 0.6) is 5.75 Å². The van der Waals surface area contributed by atoms with Crippen molar-refractivity contribution < 1.29 is 14.6 Å². The minimum atomic E-state index is -1.18. The van der Waals surface area contributed by atoms with Gasteiger partial charge in [-0.25, -0.2) is 0 Å². The molecule has 17 heavy (non-hydrogen) atoms. The third-order valence-electron chi connectivity index (χ3n) is 2.25. The van der Waals surface area contributed by atoms with Gasteiger partial charge >= 0.3 is 0 Å². The van der Waals surface area contributed by atoms with E-state index >= 15 is 0 Å². The van der Waals surface area contributed by atoms with E-state index in [1.54, 1.807) is 26.0 Å². The third kappa shape index (κ3) is 3.11. The molecule has 0 saturated heterocycles. The Morgan fingerprint density at radius 2 is 2.06 bits per heavy atom. The summed E-state index contributed by atoms with van der Waals surface area (Å²) in [5.74, 6) is 0.206. The lowest BCUT2D eigenvalue weighted by atomic mass is 9.95. The van der Waals surface area contributed by atoms with Crippen molar-refractivity contribution >= 4 is 23.2 Å². The van der Waals surface area contributed by atoms with Crippen molar-refractivity contribution in [2.45, 2.75) is 26.4 Å². The number of halogens is 1. The minimum absolute atomic E-state index is 0.254. The molecule has 1 rings (SSSR count). The van der Waals surface area contributed by atoms with Crippen LogP contribution in [0.3, 0.4) is 0 Å². The van der Waals surface area contributed by atoms with Gasteiger partial charge in [0.1, 0.15) is 5.75 Å². The monoisotopic (exact) mass is 257 g/mol. The first kappa shape index (κ1) is 13.8. The lowest BCUT2D eigenvalue weighted by Crippen LogP contribution is -2.21. The highest BCUT2D eigenvalue weighted by Crippen LogP contribution is 2.40. The van der Waals surface area contributed by atoms with Gasteiger partial charge in [-0.3, -0.25) is 4.79 Å². The van der Waals surface area contributed by atoms with E-state index in [1.807, 2.05) is 0 Å². The molecule has 0 aromatic heterocycles. The summed E-state index contributed by atoms with van der Waals surface area (Å²) in [4.78, 5) is 11.2. The normalized spacial score (nSPS) is 11.2. The van der Waals surface area contributed by atoms with Crippen molar-refractivity contribution in [2.24, 2.45) is 0 Å². The average molecular weight is 258 g/mol. The Balaban J connectivity index is 3.48. The molecule has 0 unspecified atom stereocenters. The number of rotatable bonds is 3. The summed E-state index contributed by atoms with van der Waals surface area (Å²) in [6, 6.07) is 3.27. The Bertz CT molecular complexity index is 438. The number of amides is 1. The van der Waals surface area contributed by atoms with Crippen LogP contribution in [0.1, 0.15) is 26.3 Å². The summed E-state index contributed by atoms with van der Waals surface area (Å²) in [5, 5.41) is 13.1. The largest absolute Gasteiger partial charge is 0.495 e. The molecule has 0 fully saturated rings. The Labute approximate surface area is 106 Å². The second-order valence-electron chi connectivity index (χ2n) is 4.24. The van der Waals surface area contributed by atoms with Crippen LogP contribution in [0.2, 0.25) is 5.02 Å². The number of hydrogen-bond acceptors (Lipinski definition) is 3. The predicted octanol–water partition coefficient (Wildman–Crippen LogP) is 2.53. The molecule has 0 radical (unpaired) electrons. The van der Waals surface area contributed by atoms with Crippen LogP contribution in [-0.4, -0.2) is 18.1 Å². The number of nitrogens with one attached hydrogen (secondary N) is 1. The van der Waals surface area contributed by atoms with Crippen LogP contribution < -0.4 is 10.1 Å². The fraction of sp³-hybridized carbons (Fsp3) is 0.417. The van der Waals surface area contributed by atoms with E-state index in [0.29, 0.717) is 22.0 Å². The second kappa shape index (κ2) is 4.94. The maximum absolute atomic E-state index is 11.2. The van der Waals surface area contributed by atoms with Gasteiger partial charge in [0.2, 0.25) is 5.91 Å². The topological polar surface area (TPSA) is 58.6 Å². The first-order chi connectivity index (χ1) is 7.77. The Morgan fingerprint density at radius 3 is 2.47 bits per heavy atom. The van der Waals surface area contributed by atoms with E-state index in [0.717, 1.165) is 0 Å². The fourth-order valence-electron chi connectivity index (χ4n) is 1.63. The zero-order valence-electron chi connectivity index (χ0n) is 10.3. The van der Waals surface area contributed by atoms with Crippen molar-refractivity contribution in [2.75, 3.05) is 12.4 Å². The number of carbonyl (C=O) groups excluding carboxylic acids is 1. The zero-order valence-corrected chi connectivity index (χ0v) is 11.1. The van der Waals surface area contributed by atoms with Gasteiger partial charge in [0.05, 0.1) is 18.4 Å². The summed E-state index contributed by atoms with van der Waals surface area (Å²) < 4.78 is 5.15. The van der Waals surface area contributed by atoms with E-state index in [-0.39, 0.29) is 5.91 Å². The quantitative estimate of drug-likeness (QED) is 0.875. The van der Waals surface area contributed by atoms with E-state index < -0.39 is 5.60 Å². The maximum atomic E-state index is 11.2. The fourth-order valence-corrected chi connectivity index (χ4v) is 2.02. The molecule has 1 aromatic carbocycles. The van der Waals surface area contributed by atoms with Gasteiger partial charge in [-0.2, -0.15) is 0 Å². The number of carbonyl (C=O) groups is 1. The highest BCUT2D eigenvalue weighted by molar-refractivity contribution is 6.32. The molecule has 0 aliphatic rings. The minimum Gasteiger partial charge on any atom is -0.495 e.